The zero-order valence-corrected chi connectivity index (χ0v) is 14.6. The molecule has 2 aromatic carbocycles. The number of carbonyl (C=O) groups is 2. The lowest BCUT2D eigenvalue weighted by molar-refractivity contribution is -0.153. The lowest BCUT2D eigenvalue weighted by atomic mass is 9.99. The second kappa shape index (κ2) is 6.23. The summed E-state index contributed by atoms with van der Waals surface area (Å²) in [6.45, 7) is 1.64. The van der Waals surface area contributed by atoms with Crippen LogP contribution < -0.4 is 0 Å². The Kier molecular flexibility index (Phi) is 4.41. The van der Waals surface area contributed by atoms with Crippen LogP contribution in [0.1, 0.15) is 35.4 Å². The van der Waals surface area contributed by atoms with Crippen molar-refractivity contribution in [1.29, 1.82) is 0 Å². The average molecular weight is 363 g/mol. The maximum Gasteiger partial charge on any atom is 0.316 e. The normalized spacial score (nSPS) is 22.5. The van der Waals surface area contributed by atoms with Crippen molar-refractivity contribution in [1.82, 2.24) is 0 Å². The van der Waals surface area contributed by atoms with Crippen LogP contribution >= 0.6 is 23.2 Å². The maximum atomic E-state index is 12.8. The van der Waals surface area contributed by atoms with Gasteiger partial charge in [-0.25, -0.2) is 0 Å². The number of hydrogen-bond acceptors (Lipinski definition) is 3. The number of esters is 1. The van der Waals surface area contributed by atoms with Gasteiger partial charge >= 0.3 is 5.97 Å². The van der Waals surface area contributed by atoms with Crippen LogP contribution in [0, 0.1) is 5.41 Å². The zero-order chi connectivity index (χ0) is 17.4. The van der Waals surface area contributed by atoms with Crippen molar-refractivity contribution in [3.05, 3.63) is 71.8 Å². The molecule has 0 amide bonds. The lowest BCUT2D eigenvalue weighted by Gasteiger charge is -2.20. The van der Waals surface area contributed by atoms with E-state index in [1.165, 1.54) is 0 Å². The van der Waals surface area contributed by atoms with Crippen LogP contribution in [0.2, 0.25) is 0 Å². The molecule has 2 atom stereocenters. The Morgan fingerprint density at radius 1 is 1.00 bits per heavy atom. The van der Waals surface area contributed by atoms with E-state index in [2.05, 4.69) is 0 Å². The Hall–Kier alpha value is -1.84. The summed E-state index contributed by atoms with van der Waals surface area (Å²) >= 11 is 12.1. The molecule has 0 saturated heterocycles. The summed E-state index contributed by atoms with van der Waals surface area (Å²) in [7, 11) is 0. The Morgan fingerprint density at radius 3 is 2.00 bits per heavy atom. The quantitative estimate of drug-likeness (QED) is 0.438. The van der Waals surface area contributed by atoms with Crippen molar-refractivity contribution < 1.29 is 14.3 Å². The molecule has 3 nitrogen and oxygen atoms in total. The molecule has 0 radical (unpaired) electrons. The van der Waals surface area contributed by atoms with Crippen LogP contribution in [0.5, 0.6) is 0 Å². The topological polar surface area (TPSA) is 43.4 Å². The third-order valence-electron chi connectivity index (χ3n) is 4.33. The van der Waals surface area contributed by atoms with E-state index in [0.717, 1.165) is 0 Å². The molecule has 24 heavy (non-hydrogen) atoms. The van der Waals surface area contributed by atoms with Gasteiger partial charge in [-0.15, -0.1) is 23.2 Å². The first kappa shape index (κ1) is 17.0. The average Bonchev–Trinajstić information content (AvgIpc) is 3.13. The van der Waals surface area contributed by atoms with Gasteiger partial charge in [0.05, 0.1) is 0 Å². The highest BCUT2D eigenvalue weighted by molar-refractivity contribution is 6.53. The minimum atomic E-state index is -1.14. The molecule has 5 heteroatoms. The van der Waals surface area contributed by atoms with Gasteiger partial charge in [-0.05, 0) is 6.92 Å². The summed E-state index contributed by atoms with van der Waals surface area (Å²) in [6, 6.07) is 17.7. The Bertz CT molecular complexity index is 759. The van der Waals surface area contributed by atoms with Gasteiger partial charge in [0.2, 0.25) is 5.78 Å². The highest BCUT2D eigenvalue weighted by atomic mass is 35.5. The Morgan fingerprint density at radius 2 is 1.50 bits per heavy atom. The fourth-order valence-corrected chi connectivity index (χ4v) is 3.20. The third kappa shape index (κ3) is 3.06. The molecule has 0 bridgehead atoms. The second-order valence-corrected chi connectivity index (χ2v) is 7.62. The molecular weight excluding hydrogens is 347 g/mol. The highest BCUT2D eigenvalue weighted by Gasteiger charge is 2.69. The van der Waals surface area contributed by atoms with Gasteiger partial charge in [-0.2, -0.15) is 0 Å². The molecular formula is C19H16Cl2O3. The van der Waals surface area contributed by atoms with E-state index in [-0.39, 0.29) is 5.78 Å². The summed E-state index contributed by atoms with van der Waals surface area (Å²) in [5.41, 5.74) is 0.0990. The monoisotopic (exact) mass is 362 g/mol. The molecule has 0 N–H and O–H groups in total. The van der Waals surface area contributed by atoms with Crippen LogP contribution in [0.4, 0.5) is 0 Å². The Balaban J connectivity index is 1.89. The van der Waals surface area contributed by atoms with Gasteiger partial charge in [0.25, 0.3) is 0 Å². The van der Waals surface area contributed by atoms with Gasteiger partial charge in [-0.3, -0.25) is 9.59 Å². The molecule has 0 aliphatic heterocycles. The fraction of sp³-hybridized carbons (Fsp3) is 0.263. The van der Waals surface area contributed by atoms with Crippen LogP contribution in [-0.4, -0.2) is 16.1 Å². The van der Waals surface area contributed by atoms with Crippen LogP contribution in [-0.2, 0) is 9.53 Å². The number of Topliss-reactive ketones (excluding diaryl/α,β-unsaturated/α-hetero) is 1. The molecule has 1 fully saturated rings. The first-order chi connectivity index (χ1) is 11.3. The van der Waals surface area contributed by atoms with Crippen molar-refractivity contribution in [2.45, 2.75) is 23.8 Å². The number of benzene rings is 2. The van der Waals surface area contributed by atoms with E-state index in [0.29, 0.717) is 17.5 Å². The summed E-state index contributed by atoms with van der Waals surface area (Å²) in [4.78, 5) is 25.4. The van der Waals surface area contributed by atoms with Crippen molar-refractivity contribution in [2.24, 2.45) is 5.41 Å². The highest BCUT2D eigenvalue weighted by Crippen LogP contribution is 2.64. The summed E-state index contributed by atoms with van der Waals surface area (Å²) in [5.74, 6) is -0.847. The number of ketones is 1. The molecule has 3 rings (SSSR count). The van der Waals surface area contributed by atoms with E-state index < -0.39 is 21.8 Å². The summed E-state index contributed by atoms with van der Waals surface area (Å²) < 4.78 is 4.42. The first-order valence-corrected chi connectivity index (χ1v) is 8.34. The molecule has 1 aliphatic carbocycles. The van der Waals surface area contributed by atoms with E-state index in [4.69, 9.17) is 27.9 Å². The van der Waals surface area contributed by atoms with E-state index in [1.54, 1.807) is 55.5 Å². The molecule has 124 valence electrons. The summed E-state index contributed by atoms with van der Waals surface area (Å²) in [5, 5.41) is 0. The van der Waals surface area contributed by atoms with E-state index >= 15 is 0 Å². The number of hydrogen-bond donors (Lipinski definition) is 0. The SMILES string of the molecule is C[C@]1(C(=O)O[C@H](C(=O)c2ccccc2)c2ccccc2)CC1(Cl)Cl. The number of rotatable bonds is 5. The molecule has 0 spiro atoms. The smallest absolute Gasteiger partial charge is 0.316 e. The van der Waals surface area contributed by atoms with Gasteiger partial charge < -0.3 is 4.74 Å². The van der Waals surface area contributed by atoms with E-state index in [9.17, 15) is 9.59 Å². The molecule has 1 aliphatic rings. The van der Waals surface area contributed by atoms with Crippen LogP contribution in [0.15, 0.2) is 60.7 Å². The number of ether oxygens (including phenoxy) is 1. The molecule has 1 saturated carbocycles. The number of alkyl halides is 2. The predicted octanol–water partition coefficient (Wildman–Crippen LogP) is 4.74. The summed E-state index contributed by atoms with van der Waals surface area (Å²) in [6.07, 6.45) is -0.717. The second-order valence-electron chi connectivity index (χ2n) is 6.14. The molecule has 0 aromatic heterocycles. The predicted molar refractivity (Wildman–Crippen MR) is 93.2 cm³/mol. The van der Waals surface area contributed by atoms with Crippen molar-refractivity contribution in [3.8, 4) is 0 Å². The minimum Gasteiger partial charge on any atom is -0.448 e. The van der Waals surface area contributed by atoms with Gasteiger partial charge in [0.1, 0.15) is 9.75 Å². The standard InChI is InChI=1S/C19H16Cl2O3/c1-18(12-19(18,20)21)17(23)24-16(14-10-6-3-7-11-14)15(22)13-8-4-2-5-9-13/h2-11,16H,12H2,1H3/t16-,18+/m0/s1. The number of halogens is 2. The van der Waals surface area contributed by atoms with Crippen molar-refractivity contribution >= 4 is 35.0 Å². The van der Waals surface area contributed by atoms with Gasteiger partial charge in [0, 0.05) is 17.5 Å². The van der Waals surface area contributed by atoms with Gasteiger partial charge in [0.15, 0.2) is 6.10 Å². The van der Waals surface area contributed by atoms with E-state index in [1.807, 2.05) is 12.1 Å². The molecule has 2 aromatic rings. The zero-order valence-electron chi connectivity index (χ0n) is 13.0. The van der Waals surface area contributed by atoms with Gasteiger partial charge in [-0.1, -0.05) is 60.7 Å². The van der Waals surface area contributed by atoms with Crippen LogP contribution in [0.25, 0.3) is 0 Å². The van der Waals surface area contributed by atoms with Crippen molar-refractivity contribution in [2.75, 3.05) is 0 Å². The Labute approximate surface area is 150 Å². The molecule has 0 unspecified atom stereocenters. The molecule has 0 heterocycles. The van der Waals surface area contributed by atoms with Crippen LogP contribution in [0.3, 0.4) is 0 Å². The fourth-order valence-electron chi connectivity index (χ4n) is 2.51. The largest absolute Gasteiger partial charge is 0.448 e. The number of carbonyl (C=O) groups excluding carboxylic acids is 2. The minimum absolute atomic E-state index is 0.283. The maximum absolute atomic E-state index is 12.8. The van der Waals surface area contributed by atoms with Crippen molar-refractivity contribution in [3.63, 3.8) is 0 Å². The first-order valence-electron chi connectivity index (χ1n) is 7.58. The third-order valence-corrected chi connectivity index (χ3v) is 5.43. The lowest BCUT2D eigenvalue weighted by Crippen LogP contribution is -2.27.